The number of hydrogen-bond donors (Lipinski definition) is 0. The summed E-state index contributed by atoms with van der Waals surface area (Å²) in [4.78, 5) is 6.21. The monoisotopic (exact) mass is 891 g/mol. The fraction of sp³-hybridized carbons (Fsp3) is 0.0312. The zero-order valence-corrected chi connectivity index (χ0v) is 38.4. The molecule has 67 heavy (non-hydrogen) atoms. The third-order valence-corrected chi connectivity index (χ3v) is 15.6. The van der Waals surface area contributed by atoms with Gasteiger partial charge in [-0.3, -0.25) is 0 Å². The second-order valence-corrected chi connectivity index (χ2v) is 19.5. The van der Waals surface area contributed by atoms with E-state index in [1.807, 2.05) is 23.1 Å². The molecule has 10 aromatic carbocycles. The molecule has 1 aromatic heterocycles. The lowest BCUT2D eigenvalue weighted by atomic mass is 9.84. The highest BCUT2D eigenvalue weighted by atomic mass is 32.2. The summed E-state index contributed by atoms with van der Waals surface area (Å²) in [6.07, 6.45) is 3.47. The summed E-state index contributed by atoms with van der Waals surface area (Å²) in [5.74, 6) is 0. The molecule has 2 heterocycles. The average molecular weight is 892 g/mol. The van der Waals surface area contributed by atoms with Gasteiger partial charge in [-0.25, -0.2) is 0 Å². The van der Waals surface area contributed by atoms with Crippen molar-refractivity contribution in [3.63, 3.8) is 0 Å². The first kappa shape index (κ1) is 40.8. The number of rotatable bonds is 10. The molecule has 0 fully saturated rings. The van der Waals surface area contributed by atoms with E-state index in [-0.39, 0.29) is 0 Å². The van der Waals surface area contributed by atoms with Crippen LogP contribution in [0.1, 0.15) is 22.8 Å². The van der Waals surface area contributed by atoms with Crippen molar-refractivity contribution in [1.82, 2.24) is 0 Å². The summed E-state index contributed by atoms with van der Waals surface area (Å²) in [5, 5.41) is 5.42. The average Bonchev–Trinajstić information content (AvgIpc) is 4.12. The lowest BCUT2D eigenvalue weighted by Gasteiger charge is -2.25. The molecule has 1 atom stereocenters. The molecular weight excluding hydrogens is 847 g/mol. The standard InChI is InChI=1S/C64H45NS2/c1-5-17-45(18-6-1)59-37-39-61(66-59)48-21-15-23-50(41-48)63-55-29-13-14-30-56(55)64(51-24-16-22-49(42-51)62-40-38-60(67-62)46-19-7-2-8-20-46)58-43-47(33-36-57(58)63)44-31-34-54(35-32-44)65(52-25-9-3-10-26-52)53-27-11-4-12-28-53/h1-36,38-43,59H,37H2. The van der Waals surface area contributed by atoms with Gasteiger partial charge in [0.05, 0.1) is 0 Å². The van der Waals surface area contributed by atoms with Crippen molar-refractivity contribution in [3.05, 3.63) is 266 Å². The molecule has 1 nitrogen and oxygen atoms in total. The van der Waals surface area contributed by atoms with Gasteiger partial charge in [0.25, 0.3) is 0 Å². The van der Waals surface area contributed by atoms with E-state index in [4.69, 9.17) is 0 Å². The number of anilines is 3. The Balaban J connectivity index is 1.01. The van der Waals surface area contributed by atoms with E-state index in [0.717, 1.165) is 23.5 Å². The predicted octanol–water partition coefficient (Wildman–Crippen LogP) is 19.1. The summed E-state index contributed by atoms with van der Waals surface area (Å²) in [6, 6.07) is 91.1. The lowest BCUT2D eigenvalue weighted by Crippen LogP contribution is -2.09. The Labute approximate surface area is 401 Å². The van der Waals surface area contributed by atoms with Crippen LogP contribution in [0.25, 0.3) is 80.7 Å². The van der Waals surface area contributed by atoms with E-state index >= 15 is 0 Å². The first-order valence-electron chi connectivity index (χ1n) is 23.0. The van der Waals surface area contributed by atoms with E-state index in [9.17, 15) is 0 Å². The fourth-order valence-electron chi connectivity index (χ4n) is 9.81. The number of nitrogens with zero attached hydrogens (tertiary/aromatic N) is 1. The number of thiophene rings is 1. The Morgan fingerprint density at radius 3 is 1.46 bits per heavy atom. The van der Waals surface area contributed by atoms with Gasteiger partial charge in [-0.15, -0.1) is 23.1 Å². The minimum atomic E-state index is 0.433. The molecule has 1 aliphatic heterocycles. The van der Waals surface area contributed by atoms with Crippen LogP contribution in [-0.4, -0.2) is 0 Å². The maximum atomic E-state index is 2.44. The highest BCUT2D eigenvalue weighted by Gasteiger charge is 2.23. The van der Waals surface area contributed by atoms with Crippen LogP contribution in [0.15, 0.2) is 255 Å². The first-order valence-corrected chi connectivity index (χ1v) is 24.7. The largest absolute Gasteiger partial charge is 0.311 e. The maximum absolute atomic E-state index is 2.44. The van der Waals surface area contributed by atoms with Gasteiger partial charge in [0, 0.05) is 37.0 Å². The third kappa shape index (κ3) is 7.97. The minimum Gasteiger partial charge on any atom is -0.311 e. The van der Waals surface area contributed by atoms with Crippen LogP contribution in [0.4, 0.5) is 17.1 Å². The number of allylic oxidation sites excluding steroid dienone is 1. The molecule has 0 radical (unpaired) electrons. The lowest BCUT2D eigenvalue weighted by molar-refractivity contribution is 0.991. The van der Waals surface area contributed by atoms with E-state index in [2.05, 4.69) is 260 Å². The predicted molar refractivity (Wildman–Crippen MR) is 291 cm³/mol. The van der Waals surface area contributed by atoms with E-state index in [1.165, 1.54) is 91.8 Å². The summed E-state index contributed by atoms with van der Waals surface area (Å²) >= 11 is 3.84. The van der Waals surface area contributed by atoms with Crippen LogP contribution >= 0.6 is 23.1 Å². The van der Waals surface area contributed by atoms with Crippen molar-refractivity contribution in [2.45, 2.75) is 11.7 Å². The molecule has 3 heteroatoms. The molecular formula is C64H45NS2. The molecule has 0 bridgehead atoms. The molecule has 0 saturated carbocycles. The van der Waals surface area contributed by atoms with Crippen molar-refractivity contribution < 1.29 is 0 Å². The summed E-state index contributed by atoms with van der Waals surface area (Å²) < 4.78 is 0. The normalized spacial score (nSPS) is 13.5. The minimum absolute atomic E-state index is 0.433. The molecule has 0 N–H and O–H groups in total. The number of thioether (sulfide) groups is 1. The van der Waals surface area contributed by atoms with Gasteiger partial charge in [0.2, 0.25) is 0 Å². The molecule has 1 unspecified atom stereocenters. The van der Waals surface area contributed by atoms with Gasteiger partial charge in [0.15, 0.2) is 0 Å². The fourth-order valence-corrected chi connectivity index (χ4v) is 12.1. The number of para-hydroxylation sites is 2. The van der Waals surface area contributed by atoms with E-state index in [1.54, 1.807) is 0 Å². The van der Waals surface area contributed by atoms with Gasteiger partial charge in [-0.05, 0) is 150 Å². The quantitative estimate of drug-likeness (QED) is 0.126. The molecule has 0 amide bonds. The van der Waals surface area contributed by atoms with Crippen LogP contribution in [0.2, 0.25) is 0 Å². The van der Waals surface area contributed by atoms with Crippen LogP contribution in [-0.2, 0) is 0 Å². The Hall–Kier alpha value is -7.69. The summed E-state index contributed by atoms with van der Waals surface area (Å²) in [7, 11) is 0. The SMILES string of the molecule is C1=C(c2cccc(-c3c4ccccc4c(-c4cccc(-c5ccc(-c6ccccc6)s5)c4)c4cc(-c5ccc(N(c6ccccc6)c6ccccc6)cc5)ccc34)c2)SC(c2ccccc2)C1. The third-order valence-electron chi connectivity index (χ3n) is 13.0. The molecule has 12 rings (SSSR count). The zero-order chi connectivity index (χ0) is 44.5. The highest BCUT2D eigenvalue weighted by Crippen LogP contribution is 2.50. The summed E-state index contributed by atoms with van der Waals surface area (Å²) in [6.45, 7) is 0. The van der Waals surface area contributed by atoms with Crippen molar-refractivity contribution in [2.24, 2.45) is 0 Å². The number of fused-ring (bicyclic) bond motifs is 2. The van der Waals surface area contributed by atoms with Crippen molar-refractivity contribution in [1.29, 1.82) is 0 Å². The van der Waals surface area contributed by atoms with Gasteiger partial charge in [0.1, 0.15) is 0 Å². The second kappa shape index (κ2) is 17.9. The Kier molecular flexibility index (Phi) is 10.9. The maximum Gasteiger partial charge on any atom is 0.0462 e. The van der Waals surface area contributed by atoms with Gasteiger partial charge >= 0.3 is 0 Å². The number of benzene rings is 10. The van der Waals surface area contributed by atoms with Crippen molar-refractivity contribution in [2.75, 3.05) is 4.90 Å². The van der Waals surface area contributed by atoms with Crippen LogP contribution in [0.5, 0.6) is 0 Å². The molecule has 0 aliphatic carbocycles. The highest BCUT2D eigenvalue weighted by molar-refractivity contribution is 8.08. The second-order valence-electron chi connectivity index (χ2n) is 17.1. The van der Waals surface area contributed by atoms with Crippen molar-refractivity contribution in [3.8, 4) is 54.3 Å². The molecule has 318 valence electrons. The first-order chi connectivity index (χ1) is 33.2. The molecule has 1 aliphatic rings. The zero-order valence-electron chi connectivity index (χ0n) is 36.8. The topological polar surface area (TPSA) is 3.24 Å². The molecule has 0 spiro atoms. The van der Waals surface area contributed by atoms with Gasteiger partial charge in [-0.1, -0.05) is 188 Å². The molecule has 11 aromatic rings. The Morgan fingerprint density at radius 1 is 0.328 bits per heavy atom. The van der Waals surface area contributed by atoms with Crippen LogP contribution in [0, 0.1) is 0 Å². The molecule has 0 saturated heterocycles. The Bertz CT molecular complexity index is 3520. The Morgan fingerprint density at radius 2 is 0.806 bits per heavy atom. The van der Waals surface area contributed by atoms with E-state index < -0.39 is 0 Å². The van der Waals surface area contributed by atoms with Gasteiger partial charge in [-0.2, -0.15) is 0 Å². The van der Waals surface area contributed by atoms with Crippen LogP contribution in [0.3, 0.4) is 0 Å². The van der Waals surface area contributed by atoms with Crippen LogP contribution < -0.4 is 4.90 Å². The number of hydrogen-bond acceptors (Lipinski definition) is 3. The smallest absolute Gasteiger partial charge is 0.0462 e. The summed E-state index contributed by atoms with van der Waals surface area (Å²) in [5.41, 5.74) is 15.8. The van der Waals surface area contributed by atoms with E-state index in [0.29, 0.717) is 5.25 Å². The van der Waals surface area contributed by atoms with Crippen molar-refractivity contribution >= 4 is 66.6 Å². The van der Waals surface area contributed by atoms with Gasteiger partial charge < -0.3 is 4.90 Å².